The molecule has 2 amide bonds. The average molecular weight is 396 g/mol. The van der Waals surface area contributed by atoms with Crippen LogP contribution in [0.4, 0.5) is 11.6 Å². The van der Waals surface area contributed by atoms with Crippen LogP contribution in [0.1, 0.15) is 24.9 Å². The number of halogens is 1. The van der Waals surface area contributed by atoms with Crippen LogP contribution in [0.3, 0.4) is 0 Å². The zero-order chi connectivity index (χ0) is 19.7. The SMILES string of the molecule is CCc1ccc(NC(=O)C2CC(=O)Nc3nc(-c4ccc(Cl)cc4)nn32)cc1. The molecule has 0 radical (unpaired) electrons. The van der Waals surface area contributed by atoms with Crippen LogP contribution in [0, 0.1) is 0 Å². The maximum absolute atomic E-state index is 12.8. The first-order valence-corrected chi connectivity index (χ1v) is 9.33. The molecule has 2 aromatic carbocycles. The van der Waals surface area contributed by atoms with E-state index in [1.807, 2.05) is 24.3 Å². The third-order valence-corrected chi connectivity index (χ3v) is 4.84. The summed E-state index contributed by atoms with van der Waals surface area (Å²) in [7, 11) is 0. The zero-order valence-electron chi connectivity index (χ0n) is 15.1. The molecule has 1 atom stereocenters. The van der Waals surface area contributed by atoms with Crippen LogP contribution >= 0.6 is 11.6 Å². The second kappa shape index (κ2) is 7.44. The lowest BCUT2D eigenvalue weighted by molar-refractivity contribution is -0.125. The van der Waals surface area contributed by atoms with Gasteiger partial charge in [-0.05, 0) is 48.4 Å². The minimum absolute atomic E-state index is 0.00467. The fourth-order valence-corrected chi connectivity index (χ4v) is 3.16. The Morgan fingerprint density at radius 2 is 1.93 bits per heavy atom. The summed E-state index contributed by atoms with van der Waals surface area (Å²) in [5.41, 5.74) is 2.60. The quantitative estimate of drug-likeness (QED) is 0.705. The number of carbonyl (C=O) groups excluding carboxylic acids is 2. The van der Waals surface area contributed by atoms with E-state index in [0.29, 0.717) is 16.5 Å². The van der Waals surface area contributed by atoms with Gasteiger partial charge in [-0.1, -0.05) is 30.7 Å². The first-order valence-electron chi connectivity index (χ1n) is 8.95. The van der Waals surface area contributed by atoms with Crippen molar-refractivity contribution in [1.82, 2.24) is 14.8 Å². The molecule has 0 saturated heterocycles. The van der Waals surface area contributed by atoms with E-state index < -0.39 is 6.04 Å². The highest BCUT2D eigenvalue weighted by molar-refractivity contribution is 6.30. The minimum Gasteiger partial charge on any atom is -0.324 e. The van der Waals surface area contributed by atoms with Crippen LogP contribution < -0.4 is 10.6 Å². The number of hydrogen-bond acceptors (Lipinski definition) is 4. The Morgan fingerprint density at radius 3 is 2.61 bits per heavy atom. The number of amides is 2. The van der Waals surface area contributed by atoms with Gasteiger partial charge in [0.2, 0.25) is 17.8 Å². The van der Waals surface area contributed by atoms with Crippen molar-refractivity contribution in [3.05, 3.63) is 59.1 Å². The fourth-order valence-electron chi connectivity index (χ4n) is 3.04. The predicted molar refractivity (Wildman–Crippen MR) is 107 cm³/mol. The third-order valence-electron chi connectivity index (χ3n) is 4.59. The molecule has 3 aromatic rings. The number of fused-ring (bicyclic) bond motifs is 1. The number of nitrogens with zero attached hydrogens (tertiary/aromatic N) is 3. The van der Waals surface area contributed by atoms with Crippen molar-refractivity contribution in [1.29, 1.82) is 0 Å². The van der Waals surface area contributed by atoms with E-state index >= 15 is 0 Å². The van der Waals surface area contributed by atoms with E-state index in [1.54, 1.807) is 24.3 Å². The van der Waals surface area contributed by atoms with Crippen molar-refractivity contribution >= 4 is 35.1 Å². The maximum atomic E-state index is 12.8. The molecule has 28 heavy (non-hydrogen) atoms. The number of rotatable bonds is 4. The molecule has 0 bridgehead atoms. The van der Waals surface area contributed by atoms with Crippen molar-refractivity contribution in [2.45, 2.75) is 25.8 Å². The van der Waals surface area contributed by atoms with Gasteiger partial charge in [0, 0.05) is 16.3 Å². The average Bonchev–Trinajstić information content (AvgIpc) is 3.12. The molecule has 1 aliphatic rings. The van der Waals surface area contributed by atoms with Crippen molar-refractivity contribution < 1.29 is 9.59 Å². The molecule has 0 saturated carbocycles. The normalized spacial score (nSPS) is 15.6. The Kier molecular flexibility index (Phi) is 4.83. The second-order valence-corrected chi connectivity index (χ2v) is 6.95. The number of nitrogens with one attached hydrogen (secondary N) is 2. The van der Waals surface area contributed by atoms with Gasteiger partial charge in [-0.15, -0.1) is 5.10 Å². The number of benzene rings is 2. The van der Waals surface area contributed by atoms with Crippen LogP contribution in [-0.2, 0) is 16.0 Å². The summed E-state index contributed by atoms with van der Waals surface area (Å²) in [6, 6.07) is 13.9. The number of aryl methyl sites for hydroxylation is 1. The summed E-state index contributed by atoms with van der Waals surface area (Å²) in [4.78, 5) is 29.3. The lowest BCUT2D eigenvalue weighted by Crippen LogP contribution is -2.36. The van der Waals surface area contributed by atoms with Gasteiger partial charge in [-0.25, -0.2) is 4.68 Å². The van der Waals surface area contributed by atoms with Crippen LogP contribution in [0.15, 0.2) is 48.5 Å². The molecule has 8 heteroatoms. The summed E-state index contributed by atoms with van der Waals surface area (Å²) < 4.78 is 1.46. The fraction of sp³-hybridized carbons (Fsp3) is 0.200. The Balaban J connectivity index is 1.61. The summed E-state index contributed by atoms with van der Waals surface area (Å²) >= 11 is 5.92. The lowest BCUT2D eigenvalue weighted by atomic mass is 10.1. The van der Waals surface area contributed by atoms with Crippen molar-refractivity contribution in [2.24, 2.45) is 0 Å². The highest BCUT2D eigenvalue weighted by atomic mass is 35.5. The van der Waals surface area contributed by atoms with E-state index in [2.05, 4.69) is 27.6 Å². The van der Waals surface area contributed by atoms with Gasteiger partial charge in [0.05, 0.1) is 6.42 Å². The molecule has 1 aliphatic heterocycles. The van der Waals surface area contributed by atoms with Crippen LogP contribution in [-0.4, -0.2) is 26.6 Å². The molecule has 142 valence electrons. The summed E-state index contributed by atoms with van der Waals surface area (Å²) in [5.74, 6) is 0.0820. The molecule has 4 rings (SSSR count). The molecule has 7 nitrogen and oxygen atoms in total. The van der Waals surface area contributed by atoms with Gasteiger partial charge >= 0.3 is 0 Å². The van der Waals surface area contributed by atoms with E-state index in [9.17, 15) is 9.59 Å². The monoisotopic (exact) mass is 395 g/mol. The molecule has 1 aromatic heterocycles. The van der Waals surface area contributed by atoms with Crippen molar-refractivity contribution in [3.63, 3.8) is 0 Å². The molecule has 1 unspecified atom stereocenters. The minimum atomic E-state index is -0.775. The summed E-state index contributed by atoms with van der Waals surface area (Å²) in [6.07, 6.45) is 0.919. The highest BCUT2D eigenvalue weighted by Crippen LogP contribution is 2.28. The number of aromatic nitrogens is 3. The zero-order valence-corrected chi connectivity index (χ0v) is 15.9. The van der Waals surface area contributed by atoms with Crippen LogP contribution in [0.2, 0.25) is 5.02 Å². The van der Waals surface area contributed by atoms with E-state index in [4.69, 9.17) is 11.6 Å². The van der Waals surface area contributed by atoms with Gasteiger partial charge in [0.25, 0.3) is 0 Å². The Hall–Kier alpha value is -3.19. The van der Waals surface area contributed by atoms with E-state index in [-0.39, 0.29) is 24.2 Å². The first-order chi connectivity index (χ1) is 13.5. The van der Waals surface area contributed by atoms with Gasteiger partial charge in [0.15, 0.2) is 5.82 Å². The van der Waals surface area contributed by atoms with Crippen LogP contribution in [0.5, 0.6) is 0 Å². The molecular formula is C20H18ClN5O2. The topological polar surface area (TPSA) is 88.9 Å². The third kappa shape index (κ3) is 3.61. The largest absolute Gasteiger partial charge is 0.324 e. The van der Waals surface area contributed by atoms with Crippen molar-refractivity contribution in [3.8, 4) is 11.4 Å². The Labute approximate surface area is 166 Å². The van der Waals surface area contributed by atoms with E-state index in [0.717, 1.165) is 12.0 Å². The second-order valence-electron chi connectivity index (χ2n) is 6.52. The number of carbonyl (C=O) groups is 2. The molecule has 2 heterocycles. The van der Waals surface area contributed by atoms with Gasteiger partial charge in [-0.2, -0.15) is 4.98 Å². The van der Waals surface area contributed by atoms with Gasteiger partial charge in [0.1, 0.15) is 6.04 Å². The molecule has 0 fully saturated rings. The Morgan fingerprint density at radius 1 is 1.21 bits per heavy atom. The maximum Gasteiger partial charge on any atom is 0.249 e. The smallest absolute Gasteiger partial charge is 0.249 e. The number of anilines is 2. The summed E-state index contributed by atoms with van der Waals surface area (Å²) in [5, 5.41) is 10.6. The standard InChI is InChI=1S/C20H18ClN5O2/c1-2-12-3-9-15(10-4-12)22-19(28)16-11-17(27)23-20-24-18(25-26(16)20)13-5-7-14(21)8-6-13/h3-10,16H,2,11H2,1H3,(H,22,28)(H,23,24,25,27). The molecule has 0 spiro atoms. The molecule has 0 aliphatic carbocycles. The van der Waals surface area contributed by atoms with Crippen molar-refractivity contribution in [2.75, 3.05) is 10.6 Å². The van der Waals surface area contributed by atoms with E-state index in [1.165, 1.54) is 10.2 Å². The van der Waals surface area contributed by atoms with Gasteiger partial charge in [-0.3, -0.25) is 14.9 Å². The Bertz CT molecular complexity index is 1030. The summed E-state index contributed by atoms with van der Waals surface area (Å²) in [6.45, 7) is 2.07. The van der Waals surface area contributed by atoms with Gasteiger partial charge < -0.3 is 5.32 Å². The molecule has 2 N–H and O–H groups in total. The highest BCUT2D eigenvalue weighted by Gasteiger charge is 2.33. The number of hydrogen-bond donors (Lipinski definition) is 2. The van der Waals surface area contributed by atoms with Crippen LogP contribution in [0.25, 0.3) is 11.4 Å². The first kappa shape index (κ1) is 18.2. The predicted octanol–water partition coefficient (Wildman–Crippen LogP) is 3.68. The lowest BCUT2D eigenvalue weighted by Gasteiger charge is -2.22. The molecular weight excluding hydrogens is 378 g/mol.